The zero-order valence-corrected chi connectivity index (χ0v) is 19.9. The first-order valence-electron chi connectivity index (χ1n) is 11.3. The van der Waals surface area contributed by atoms with Gasteiger partial charge in [-0.2, -0.15) is 0 Å². The van der Waals surface area contributed by atoms with Gasteiger partial charge in [0.05, 0.1) is 15.6 Å². The Bertz CT molecular complexity index is 1260. The van der Waals surface area contributed by atoms with Gasteiger partial charge < -0.3 is 14.7 Å². The second-order valence-electron chi connectivity index (χ2n) is 8.80. The Labute approximate surface area is 207 Å². The minimum absolute atomic E-state index is 0.0935. The van der Waals surface area contributed by atoms with Crippen LogP contribution < -0.4 is 4.74 Å². The SMILES string of the molecule is O=C(O)c1c(Cl)cc(-c2cccc(COc3ccc4c(c3)CN(C3CCCC3)C4=O)c2)cc1Cl. The quantitative estimate of drug-likeness (QED) is 0.406. The minimum Gasteiger partial charge on any atom is -0.489 e. The number of aromatic carboxylic acids is 1. The van der Waals surface area contributed by atoms with E-state index in [1.807, 2.05) is 47.4 Å². The van der Waals surface area contributed by atoms with Crippen LogP contribution in [-0.2, 0) is 13.2 Å². The van der Waals surface area contributed by atoms with Crippen LogP contribution in [0, 0.1) is 0 Å². The van der Waals surface area contributed by atoms with Gasteiger partial charge in [-0.1, -0.05) is 54.2 Å². The number of carbonyl (C=O) groups excluding carboxylic acids is 1. The summed E-state index contributed by atoms with van der Waals surface area (Å²) in [6.45, 7) is 1.00. The van der Waals surface area contributed by atoms with E-state index in [9.17, 15) is 14.7 Å². The highest BCUT2D eigenvalue weighted by molar-refractivity contribution is 6.39. The number of ether oxygens (including phenoxy) is 1. The molecule has 1 heterocycles. The summed E-state index contributed by atoms with van der Waals surface area (Å²) in [7, 11) is 0. The summed E-state index contributed by atoms with van der Waals surface area (Å²) in [5.74, 6) is -0.305. The van der Waals surface area contributed by atoms with E-state index in [-0.39, 0.29) is 21.5 Å². The number of rotatable bonds is 6. The summed E-state index contributed by atoms with van der Waals surface area (Å²) in [6, 6.07) is 17.0. The molecule has 7 heteroatoms. The molecule has 0 saturated heterocycles. The largest absolute Gasteiger partial charge is 0.489 e. The number of nitrogens with zero attached hydrogens (tertiary/aromatic N) is 1. The van der Waals surface area contributed by atoms with Crippen LogP contribution in [0.4, 0.5) is 0 Å². The highest BCUT2D eigenvalue weighted by Crippen LogP contribution is 2.34. The van der Waals surface area contributed by atoms with Gasteiger partial charge in [0.15, 0.2) is 0 Å². The molecular weight excluding hydrogens is 473 g/mol. The highest BCUT2D eigenvalue weighted by atomic mass is 35.5. The molecule has 1 saturated carbocycles. The molecule has 1 fully saturated rings. The van der Waals surface area contributed by atoms with Gasteiger partial charge in [-0.25, -0.2) is 4.79 Å². The van der Waals surface area contributed by atoms with E-state index < -0.39 is 5.97 Å². The van der Waals surface area contributed by atoms with Crippen LogP contribution in [0.3, 0.4) is 0 Å². The van der Waals surface area contributed by atoms with Gasteiger partial charge >= 0.3 is 5.97 Å². The number of hydrogen-bond acceptors (Lipinski definition) is 3. The fraction of sp³-hybridized carbons (Fsp3) is 0.259. The molecule has 5 rings (SSSR count). The lowest BCUT2D eigenvalue weighted by Crippen LogP contribution is -2.33. The number of benzene rings is 3. The van der Waals surface area contributed by atoms with Crippen LogP contribution in [0.25, 0.3) is 11.1 Å². The Hall–Kier alpha value is -3.02. The van der Waals surface area contributed by atoms with E-state index in [0.29, 0.717) is 19.2 Å². The van der Waals surface area contributed by atoms with E-state index in [2.05, 4.69) is 0 Å². The molecule has 0 radical (unpaired) electrons. The lowest BCUT2D eigenvalue weighted by Gasteiger charge is -2.23. The molecule has 0 aromatic heterocycles. The fourth-order valence-electron chi connectivity index (χ4n) is 4.87. The Kier molecular flexibility index (Phi) is 6.24. The Morgan fingerprint density at radius 2 is 1.74 bits per heavy atom. The molecule has 1 N–H and O–H groups in total. The Balaban J connectivity index is 1.30. The van der Waals surface area contributed by atoms with E-state index in [1.54, 1.807) is 12.1 Å². The van der Waals surface area contributed by atoms with Gasteiger partial charge in [-0.05, 0) is 71.5 Å². The van der Waals surface area contributed by atoms with Crippen LogP contribution in [0.1, 0.15) is 57.5 Å². The Morgan fingerprint density at radius 1 is 1.00 bits per heavy atom. The molecule has 0 bridgehead atoms. The van der Waals surface area contributed by atoms with Gasteiger partial charge in [-0.3, -0.25) is 4.79 Å². The first-order chi connectivity index (χ1) is 16.4. The van der Waals surface area contributed by atoms with Crippen molar-refractivity contribution in [2.45, 2.75) is 44.9 Å². The number of hydrogen-bond donors (Lipinski definition) is 1. The van der Waals surface area contributed by atoms with Gasteiger partial charge in [0, 0.05) is 18.2 Å². The van der Waals surface area contributed by atoms with E-state index >= 15 is 0 Å². The predicted octanol–water partition coefficient (Wildman–Crippen LogP) is 6.84. The average Bonchev–Trinajstić information content (AvgIpc) is 3.45. The van der Waals surface area contributed by atoms with Crippen molar-refractivity contribution in [3.8, 4) is 16.9 Å². The number of amides is 1. The predicted molar refractivity (Wildman–Crippen MR) is 132 cm³/mol. The molecule has 1 aliphatic carbocycles. The summed E-state index contributed by atoms with van der Waals surface area (Å²) < 4.78 is 6.04. The molecule has 1 amide bonds. The fourth-order valence-corrected chi connectivity index (χ4v) is 5.52. The monoisotopic (exact) mass is 495 g/mol. The lowest BCUT2D eigenvalue weighted by atomic mass is 10.0. The minimum atomic E-state index is -1.16. The second kappa shape index (κ2) is 9.32. The summed E-state index contributed by atoms with van der Waals surface area (Å²) in [5, 5.41) is 9.45. The van der Waals surface area contributed by atoms with Crippen LogP contribution in [0.5, 0.6) is 5.75 Å². The molecule has 5 nitrogen and oxygen atoms in total. The second-order valence-corrected chi connectivity index (χ2v) is 9.61. The van der Waals surface area contributed by atoms with E-state index in [0.717, 1.165) is 46.4 Å². The third-order valence-corrected chi connectivity index (χ3v) is 7.19. The summed E-state index contributed by atoms with van der Waals surface area (Å²) in [6.07, 6.45) is 4.57. The first kappa shape index (κ1) is 22.8. The van der Waals surface area contributed by atoms with Crippen molar-refractivity contribution in [1.82, 2.24) is 4.90 Å². The zero-order valence-electron chi connectivity index (χ0n) is 18.4. The number of fused-ring (bicyclic) bond motifs is 1. The maximum absolute atomic E-state index is 12.8. The zero-order chi connectivity index (χ0) is 23.8. The van der Waals surface area contributed by atoms with Crippen molar-refractivity contribution in [1.29, 1.82) is 0 Å². The highest BCUT2D eigenvalue weighted by Gasteiger charge is 2.34. The number of carboxylic acids is 1. The van der Waals surface area contributed by atoms with Crippen LogP contribution in [0.2, 0.25) is 10.0 Å². The molecule has 174 valence electrons. The van der Waals surface area contributed by atoms with Gasteiger partial charge in [0.25, 0.3) is 5.91 Å². The molecule has 3 aromatic rings. The molecule has 0 unspecified atom stereocenters. The van der Waals surface area contributed by atoms with Crippen LogP contribution >= 0.6 is 23.2 Å². The molecule has 34 heavy (non-hydrogen) atoms. The topological polar surface area (TPSA) is 66.8 Å². The number of carbonyl (C=O) groups is 2. The van der Waals surface area contributed by atoms with Crippen molar-refractivity contribution in [2.75, 3.05) is 0 Å². The van der Waals surface area contributed by atoms with E-state index in [1.165, 1.54) is 12.8 Å². The van der Waals surface area contributed by atoms with Crippen LogP contribution in [-0.4, -0.2) is 27.9 Å². The van der Waals surface area contributed by atoms with Gasteiger partial charge in [-0.15, -0.1) is 0 Å². The van der Waals surface area contributed by atoms with Crippen molar-refractivity contribution in [3.63, 3.8) is 0 Å². The normalized spacial score (nSPS) is 15.6. The van der Waals surface area contributed by atoms with Crippen molar-refractivity contribution < 1.29 is 19.4 Å². The first-order valence-corrected chi connectivity index (χ1v) is 12.0. The lowest BCUT2D eigenvalue weighted by molar-refractivity contribution is 0.0692. The number of carboxylic acid groups (broad SMARTS) is 1. The van der Waals surface area contributed by atoms with Crippen LogP contribution in [0.15, 0.2) is 54.6 Å². The van der Waals surface area contributed by atoms with Crippen molar-refractivity contribution in [3.05, 3.63) is 86.9 Å². The molecule has 3 aromatic carbocycles. The molecule has 0 spiro atoms. The molecule has 0 atom stereocenters. The average molecular weight is 496 g/mol. The van der Waals surface area contributed by atoms with E-state index in [4.69, 9.17) is 27.9 Å². The summed E-state index contributed by atoms with van der Waals surface area (Å²) in [4.78, 5) is 26.1. The Morgan fingerprint density at radius 3 is 2.44 bits per heavy atom. The van der Waals surface area contributed by atoms with Crippen molar-refractivity contribution >= 4 is 35.1 Å². The molecular formula is C27H23Cl2NO4. The smallest absolute Gasteiger partial charge is 0.338 e. The number of halogens is 2. The maximum Gasteiger partial charge on any atom is 0.338 e. The van der Waals surface area contributed by atoms with Gasteiger partial charge in [0.2, 0.25) is 0 Å². The summed E-state index contributed by atoms with van der Waals surface area (Å²) in [5.41, 5.74) is 4.22. The molecule has 2 aliphatic rings. The van der Waals surface area contributed by atoms with Crippen molar-refractivity contribution in [2.24, 2.45) is 0 Å². The third-order valence-electron chi connectivity index (χ3n) is 6.60. The summed E-state index contributed by atoms with van der Waals surface area (Å²) >= 11 is 12.3. The maximum atomic E-state index is 12.8. The van der Waals surface area contributed by atoms with Gasteiger partial charge in [0.1, 0.15) is 12.4 Å². The third kappa shape index (κ3) is 4.38. The molecule has 1 aliphatic heterocycles. The standard InChI is InChI=1S/C27H23Cl2NO4/c28-23-12-18(13-24(29)25(23)27(32)33)17-5-3-4-16(10-17)15-34-21-8-9-22-19(11-21)14-30(26(22)31)20-6-1-2-7-20/h3-5,8-13,20H,1-2,6-7,14-15H2,(H,32,33).